The lowest BCUT2D eigenvalue weighted by molar-refractivity contribution is 0.354. The van der Waals surface area contributed by atoms with Gasteiger partial charge < -0.3 is 9.64 Å². The van der Waals surface area contributed by atoms with Crippen LogP contribution in [0.25, 0.3) is 16.8 Å². The molecule has 5 heteroatoms. The van der Waals surface area contributed by atoms with E-state index < -0.39 is 0 Å². The second kappa shape index (κ2) is 6.87. The molecule has 1 fully saturated rings. The smallest absolute Gasteiger partial charge is 0.165 e. The lowest BCUT2D eigenvalue weighted by Gasteiger charge is -2.36. The summed E-state index contributed by atoms with van der Waals surface area (Å²) in [6.45, 7) is 10.9. The van der Waals surface area contributed by atoms with Crippen molar-refractivity contribution in [2.24, 2.45) is 11.8 Å². The quantitative estimate of drug-likeness (QED) is 0.686. The van der Waals surface area contributed by atoms with E-state index >= 15 is 0 Å². The van der Waals surface area contributed by atoms with Gasteiger partial charge in [-0.25, -0.2) is 4.98 Å². The number of methoxy groups -OCH3 is 1. The summed E-state index contributed by atoms with van der Waals surface area (Å²) in [5, 5.41) is 4.89. The number of benzene rings is 1. The van der Waals surface area contributed by atoms with Gasteiger partial charge in [-0.1, -0.05) is 32.0 Å². The first-order valence-electron chi connectivity index (χ1n) is 9.73. The molecule has 0 N–H and O–H groups in total. The first kappa shape index (κ1) is 17.8. The van der Waals surface area contributed by atoms with Crippen LogP contribution in [0.2, 0.25) is 0 Å². The van der Waals surface area contributed by atoms with Gasteiger partial charge in [0.2, 0.25) is 0 Å². The van der Waals surface area contributed by atoms with Crippen molar-refractivity contribution in [2.75, 3.05) is 25.1 Å². The topological polar surface area (TPSA) is 42.7 Å². The number of aromatic nitrogens is 3. The summed E-state index contributed by atoms with van der Waals surface area (Å²) in [7, 11) is 1.71. The van der Waals surface area contributed by atoms with Crippen LogP contribution < -0.4 is 9.64 Å². The molecule has 27 heavy (non-hydrogen) atoms. The Bertz CT molecular complexity index is 968. The molecule has 0 spiro atoms. The van der Waals surface area contributed by atoms with Gasteiger partial charge in [-0.2, -0.15) is 9.61 Å². The molecule has 0 unspecified atom stereocenters. The fourth-order valence-corrected chi connectivity index (χ4v) is 4.47. The van der Waals surface area contributed by atoms with Gasteiger partial charge in [-0.15, -0.1) is 0 Å². The number of anilines is 1. The molecule has 0 bridgehead atoms. The van der Waals surface area contributed by atoms with Crippen molar-refractivity contribution in [3.8, 4) is 16.9 Å². The SMILES string of the molecule is COc1ccccc1-c1c(C)nn2c(N3C[C@H](C)C[C@H](C)C3)cc(C)nc12. The third kappa shape index (κ3) is 3.15. The zero-order valence-corrected chi connectivity index (χ0v) is 16.9. The number of fused-ring (bicyclic) bond motifs is 1. The zero-order chi connectivity index (χ0) is 19.1. The van der Waals surface area contributed by atoms with Crippen molar-refractivity contribution in [3.05, 3.63) is 41.7 Å². The summed E-state index contributed by atoms with van der Waals surface area (Å²) in [4.78, 5) is 7.33. The molecule has 4 rings (SSSR count). The number of aryl methyl sites for hydroxylation is 2. The Kier molecular flexibility index (Phi) is 4.54. The molecule has 1 aliphatic rings. The average Bonchev–Trinajstić information content (AvgIpc) is 2.95. The largest absolute Gasteiger partial charge is 0.496 e. The van der Waals surface area contributed by atoms with E-state index in [4.69, 9.17) is 14.8 Å². The van der Waals surface area contributed by atoms with Crippen molar-refractivity contribution in [3.63, 3.8) is 0 Å². The molecule has 0 saturated carbocycles. The highest BCUT2D eigenvalue weighted by Crippen LogP contribution is 2.36. The number of hydrogen-bond acceptors (Lipinski definition) is 4. The monoisotopic (exact) mass is 364 g/mol. The second-order valence-electron chi connectivity index (χ2n) is 8.00. The number of piperidine rings is 1. The minimum Gasteiger partial charge on any atom is -0.496 e. The molecule has 0 aliphatic carbocycles. The molecule has 2 aromatic heterocycles. The average molecular weight is 364 g/mol. The van der Waals surface area contributed by atoms with Crippen LogP contribution in [0.1, 0.15) is 31.7 Å². The minimum absolute atomic E-state index is 0.683. The van der Waals surface area contributed by atoms with E-state index in [0.29, 0.717) is 11.8 Å². The minimum atomic E-state index is 0.683. The van der Waals surface area contributed by atoms with E-state index in [1.807, 2.05) is 22.7 Å². The molecule has 142 valence electrons. The van der Waals surface area contributed by atoms with Gasteiger partial charge in [0.1, 0.15) is 11.6 Å². The van der Waals surface area contributed by atoms with Crippen molar-refractivity contribution >= 4 is 11.5 Å². The van der Waals surface area contributed by atoms with Gasteiger partial charge >= 0.3 is 0 Å². The Labute approximate surface area is 161 Å². The van der Waals surface area contributed by atoms with Gasteiger partial charge in [0.05, 0.1) is 18.4 Å². The highest BCUT2D eigenvalue weighted by molar-refractivity contribution is 5.84. The van der Waals surface area contributed by atoms with Crippen LogP contribution in [0.5, 0.6) is 5.75 Å². The molecule has 1 aliphatic heterocycles. The van der Waals surface area contributed by atoms with Crippen LogP contribution in [-0.4, -0.2) is 34.8 Å². The van der Waals surface area contributed by atoms with Crippen molar-refractivity contribution in [1.82, 2.24) is 14.6 Å². The maximum atomic E-state index is 5.60. The Morgan fingerprint density at radius 2 is 1.78 bits per heavy atom. The number of para-hydroxylation sites is 1. The fraction of sp³-hybridized carbons (Fsp3) is 0.455. The Hall–Kier alpha value is -2.56. The van der Waals surface area contributed by atoms with Crippen LogP contribution in [0.3, 0.4) is 0 Å². The molecule has 1 aromatic carbocycles. The summed E-state index contributed by atoms with van der Waals surface area (Å²) in [5.41, 5.74) is 4.97. The predicted octanol–water partition coefficient (Wildman–Crippen LogP) is 4.50. The van der Waals surface area contributed by atoms with E-state index in [-0.39, 0.29) is 0 Å². The summed E-state index contributed by atoms with van der Waals surface area (Å²) >= 11 is 0. The van der Waals surface area contributed by atoms with Gasteiger partial charge in [0.15, 0.2) is 5.65 Å². The highest BCUT2D eigenvalue weighted by Gasteiger charge is 2.26. The number of nitrogens with zero attached hydrogens (tertiary/aromatic N) is 4. The Morgan fingerprint density at radius 1 is 1.07 bits per heavy atom. The molecule has 0 amide bonds. The predicted molar refractivity (Wildman–Crippen MR) is 110 cm³/mol. The van der Waals surface area contributed by atoms with Crippen LogP contribution in [-0.2, 0) is 0 Å². The first-order valence-corrected chi connectivity index (χ1v) is 9.73. The van der Waals surface area contributed by atoms with Gasteiger partial charge in [-0.05, 0) is 38.2 Å². The third-order valence-electron chi connectivity index (χ3n) is 5.44. The molecule has 5 nitrogen and oxygen atoms in total. The van der Waals surface area contributed by atoms with Gasteiger partial charge in [-0.3, -0.25) is 0 Å². The first-order chi connectivity index (χ1) is 13.0. The van der Waals surface area contributed by atoms with Crippen molar-refractivity contribution in [2.45, 2.75) is 34.1 Å². The number of rotatable bonds is 3. The van der Waals surface area contributed by atoms with E-state index in [1.54, 1.807) is 7.11 Å². The van der Waals surface area contributed by atoms with Gasteiger partial charge in [0, 0.05) is 30.4 Å². The molecule has 0 radical (unpaired) electrons. The summed E-state index contributed by atoms with van der Waals surface area (Å²) in [6.07, 6.45) is 1.29. The third-order valence-corrected chi connectivity index (χ3v) is 5.44. The molecule has 1 saturated heterocycles. The van der Waals surface area contributed by atoms with Crippen molar-refractivity contribution < 1.29 is 4.74 Å². The lowest BCUT2D eigenvalue weighted by Crippen LogP contribution is -2.39. The highest BCUT2D eigenvalue weighted by atomic mass is 16.5. The van der Waals surface area contributed by atoms with Crippen LogP contribution in [0.15, 0.2) is 30.3 Å². The Morgan fingerprint density at radius 3 is 2.48 bits per heavy atom. The molecule has 3 heterocycles. The lowest BCUT2D eigenvalue weighted by atomic mass is 9.92. The maximum Gasteiger partial charge on any atom is 0.165 e. The molecule has 3 aromatic rings. The molecular weight excluding hydrogens is 336 g/mol. The van der Waals surface area contributed by atoms with E-state index in [9.17, 15) is 0 Å². The molecule has 2 atom stereocenters. The van der Waals surface area contributed by atoms with Crippen LogP contribution in [0.4, 0.5) is 5.82 Å². The Balaban J connectivity index is 1.92. The summed E-state index contributed by atoms with van der Waals surface area (Å²) < 4.78 is 7.63. The van der Waals surface area contributed by atoms with Crippen molar-refractivity contribution in [1.29, 1.82) is 0 Å². The van der Waals surface area contributed by atoms with E-state index in [1.165, 1.54) is 6.42 Å². The zero-order valence-electron chi connectivity index (χ0n) is 16.9. The maximum absolute atomic E-state index is 5.60. The summed E-state index contributed by atoms with van der Waals surface area (Å²) in [5.74, 6) is 3.35. The molecular formula is C22H28N4O. The van der Waals surface area contributed by atoms with E-state index in [2.05, 4.69) is 44.7 Å². The van der Waals surface area contributed by atoms with Crippen LogP contribution in [0, 0.1) is 25.7 Å². The standard InChI is InChI=1S/C22H28N4O/c1-14-10-15(2)13-25(12-14)20-11-16(3)23-22-21(17(4)24-26(20)22)18-8-6-7-9-19(18)27-5/h6-9,11,14-15H,10,12-13H2,1-5H3/t14-,15+. The van der Waals surface area contributed by atoms with Gasteiger partial charge in [0.25, 0.3) is 0 Å². The summed E-state index contributed by atoms with van der Waals surface area (Å²) in [6, 6.07) is 10.3. The second-order valence-corrected chi connectivity index (χ2v) is 8.00. The van der Waals surface area contributed by atoms with Crippen LogP contribution >= 0.6 is 0 Å². The number of ether oxygens (including phenoxy) is 1. The normalized spacial score (nSPS) is 20.3. The fourth-order valence-electron chi connectivity index (χ4n) is 4.47. The number of hydrogen-bond donors (Lipinski definition) is 0. The van der Waals surface area contributed by atoms with E-state index in [0.717, 1.165) is 52.8 Å².